The number of hydrogen-bond acceptors (Lipinski definition) is 1. The highest BCUT2D eigenvalue weighted by Gasteiger charge is 2.03. The number of carbonyl (C=O) groups is 1. The van der Waals surface area contributed by atoms with Gasteiger partial charge in [-0.15, -0.1) is 0 Å². The zero-order chi connectivity index (χ0) is 11.7. The maximum absolute atomic E-state index is 12.5. The summed E-state index contributed by atoms with van der Waals surface area (Å²) in [5, 5.41) is 0. The molecule has 0 heterocycles. The Hall–Kier alpha value is -1.18. The maximum atomic E-state index is 12.5. The molecule has 0 radical (unpaired) electrons. The van der Waals surface area contributed by atoms with E-state index in [1.54, 1.807) is 0 Å². The number of rotatable bonds is 4. The van der Waals surface area contributed by atoms with Crippen LogP contribution in [0.25, 0.3) is 0 Å². The predicted octanol–water partition coefficient (Wildman–Crippen LogP) is 4.22. The summed E-state index contributed by atoms with van der Waals surface area (Å²) in [4.78, 5) is 11.4. The second-order valence-electron chi connectivity index (χ2n) is 3.03. The second-order valence-corrected chi connectivity index (χ2v) is 3.03. The van der Waals surface area contributed by atoms with E-state index in [0.717, 1.165) is 12.8 Å². The van der Waals surface area contributed by atoms with E-state index in [4.69, 9.17) is 0 Å². The van der Waals surface area contributed by atoms with Crippen LogP contribution in [0.3, 0.4) is 0 Å². The SMILES string of the molecule is CC.CCCCC(=O)c1ccc(F)cc1. The molecule has 15 heavy (non-hydrogen) atoms. The zero-order valence-electron chi connectivity index (χ0n) is 9.72. The van der Waals surface area contributed by atoms with E-state index in [1.165, 1.54) is 24.3 Å². The molecule has 1 aromatic carbocycles. The Labute approximate surface area is 91.3 Å². The van der Waals surface area contributed by atoms with E-state index in [1.807, 2.05) is 20.8 Å². The molecule has 0 N–H and O–H groups in total. The topological polar surface area (TPSA) is 17.1 Å². The van der Waals surface area contributed by atoms with Crippen LogP contribution in [0, 0.1) is 5.82 Å². The van der Waals surface area contributed by atoms with Crippen LogP contribution in [-0.4, -0.2) is 5.78 Å². The van der Waals surface area contributed by atoms with E-state index in [9.17, 15) is 9.18 Å². The van der Waals surface area contributed by atoms with Crippen molar-refractivity contribution in [3.63, 3.8) is 0 Å². The van der Waals surface area contributed by atoms with Gasteiger partial charge in [0, 0.05) is 12.0 Å². The third kappa shape index (κ3) is 5.31. The van der Waals surface area contributed by atoms with Crippen LogP contribution in [0.5, 0.6) is 0 Å². The molecule has 1 rings (SSSR count). The van der Waals surface area contributed by atoms with Crippen LogP contribution < -0.4 is 0 Å². The van der Waals surface area contributed by atoms with Crippen molar-refractivity contribution in [2.45, 2.75) is 40.0 Å². The molecule has 0 atom stereocenters. The average Bonchev–Trinajstić information content (AvgIpc) is 2.29. The van der Waals surface area contributed by atoms with Gasteiger partial charge in [0.15, 0.2) is 5.78 Å². The first-order chi connectivity index (χ1) is 7.24. The highest BCUT2D eigenvalue weighted by molar-refractivity contribution is 5.95. The number of ketones is 1. The van der Waals surface area contributed by atoms with E-state index in [-0.39, 0.29) is 11.6 Å². The third-order valence-electron chi connectivity index (χ3n) is 1.92. The summed E-state index contributed by atoms with van der Waals surface area (Å²) in [5.41, 5.74) is 0.606. The molecule has 0 aliphatic heterocycles. The van der Waals surface area contributed by atoms with E-state index >= 15 is 0 Å². The van der Waals surface area contributed by atoms with Crippen LogP contribution in [0.1, 0.15) is 50.4 Å². The summed E-state index contributed by atoms with van der Waals surface area (Å²) >= 11 is 0. The lowest BCUT2D eigenvalue weighted by Gasteiger charge is -1.98. The quantitative estimate of drug-likeness (QED) is 0.680. The molecule has 0 unspecified atom stereocenters. The first-order valence-corrected chi connectivity index (χ1v) is 5.53. The number of hydrogen-bond donors (Lipinski definition) is 0. The van der Waals surface area contributed by atoms with Gasteiger partial charge < -0.3 is 0 Å². The second kappa shape index (κ2) is 8.16. The first-order valence-electron chi connectivity index (χ1n) is 5.53. The Morgan fingerprint density at radius 2 is 1.73 bits per heavy atom. The molecular formula is C13H19FO. The molecule has 0 aliphatic rings. The Kier molecular flexibility index (Phi) is 7.51. The van der Waals surface area contributed by atoms with E-state index in [0.29, 0.717) is 12.0 Å². The van der Waals surface area contributed by atoms with Crippen molar-refractivity contribution in [1.82, 2.24) is 0 Å². The largest absolute Gasteiger partial charge is 0.294 e. The average molecular weight is 210 g/mol. The van der Waals surface area contributed by atoms with Gasteiger partial charge in [0.25, 0.3) is 0 Å². The monoisotopic (exact) mass is 210 g/mol. The van der Waals surface area contributed by atoms with Gasteiger partial charge in [-0.05, 0) is 30.7 Å². The van der Waals surface area contributed by atoms with Crippen molar-refractivity contribution in [3.05, 3.63) is 35.6 Å². The van der Waals surface area contributed by atoms with Gasteiger partial charge in [0.1, 0.15) is 5.82 Å². The van der Waals surface area contributed by atoms with Crippen LogP contribution in [0.15, 0.2) is 24.3 Å². The van der Waals surface area contributed by atoms with Crippen molar-refractivity contribution >= 4 is 5.78 Å². The summed E-state index contributed by atoms with van der Waals surface area (Å²) in [6.07, 6.45) is 2.46. The molecule has 0 spiro atoms. The summed E-state index contributed by atoms with van der Waals surface area (Å²) in [7, 11) is 0. The Bertz CT molecular complexity index is 277. The van der Waals surface area contributed by atoms with Crippen LogP contribution in [0.2, 0.25) is 0 Å². The molecule has 0 aliphatic carbocycles. The normalized spacial score (nSPS) is 9.07. The fourth-order valence-electron chi connectivity index (χ4n) is 1.12. The smallest absolute Gasteiger partial charge is 0.162 e. The lowest BCUT2D eigenvalue weighted by atomic mass is 10.1. The minimum absolute atomic E-state index is 0.0989. The maximum Gasteiger partial charge on any atom is 0.162 e. The summed E-state index contributed by atoms with van der Waals surface area (Å²) in [5.74, 6) is -0.200. The van der Waals surface area contributed by atoms with Gasteiger partial charge in [-0.2, -0.15) is 0 Å². The number of unbranched alkanes of at least 4 members (excludes halogenated alkanes) is 1. The van der Waals surface area contributed by atoms with Gasteiger partial charge in [0.2, 0.25) is 0 Å². The van der Waals surface area contributed by atoms with E-state index < -0.39 is 0 Å². The fourth-order valence-corrected chi connectivity index (χ4v) is 1.12. The first kappa shape index (κ1) is 13.8. The highest BCUT2D eigenvalue weighted by atomic mass is 19.1. The molecule has 84 valence electrons. The molecular weight excluding hydrogens is 191 g/mol. The standard InChI is InChI=1S/C11H13FO.C2H6/c1-2-3-4-11(13)9-5-7-10(12)8-6-9;1-2/h5-8H,2-4H2,1H3;1-2H3. The van der Waals surface area contributed by atoms with Crippen molar-refractivity contribution in [1.29, 1.82) is 0 Å². The third-order valence-corrected chi connectivity index (χ3v) is 1.92. The van der Waals surface area contributed by atoms with Crippen molar-refractivity contribution in [2.75, 3.05) is 0 Å². The summed E-state index contributed by atoms with van der Waals surface area (Å²) < 4.78 is 12.5. The van der Waals surface area contributed by atoms with Crippen LogP contribution in [0.4, 0.5) is 4.39 Å². The van der Waals surface area contributed by atoms with Gasteiger partial charge in [0.05, 0.1) is 0 Å². The van der Waals surface area contributed by atoms with Gasteiger partial charge in [-0.1, -0.05) is 27.2 Å². The van der Waals surface area contributed by atoms with Crippen LogP contribution >= 0.6 is 0 Å². The molecule has 1 aromatic rings. The van der Waals surface area contributed by atoms with Gasteiger partial charge in [-0.3, -0.25) is 4.79 Å². The van der Waals surface area contributed by atoms with Crippen molar-refractivity contribution in [2.24, 2.45) is 0 Å². The molecule has 0 bridgehead atoms. The van der Waals surface area contributed by atoms with Gasteiger partial charge >= 0.3 is 0 Å². The lowest BCUT2D eigenvalue weighted by Crippen LogP contribution is -1.98. The Morgan fingerprint density at radius 3 is 2.20 bits per heavy atom. The minimum atomic E-state index is -0.299. The van der Waals surface area contributed by atoms with Gasteiger partial charge in [-0.25, -0.2) is 4.39 Å². The predicted molar refractivity (Wildman–Crippen MR) is 61.6 cm³/mol. The number of benzene rings is 1. The lowest BCUT2D eigenvalue weighted by molar-refractivity contribution is 0.0979. The summed E-state index contributed by atoms with van der Waals surface area (Å²) in [6, 6.07) is 5.71. The molecule has 0 saturated carbocycles. The minimum Gasteiger partial charge on any atom is -0.294 e. The molecule has 2 heteroatoms. The number of halogens is 1. The Balaban J connectivity index is 0.000000921. The molecule has 0 amide bonds. The number of carbonyl (C=O) groups excluding carboxylic acids is 1. The molecule has 0 fully saturated rings. The van der Waals surface area contributed by atoms with Crippen LogP contribution in [-0.2, 0) is 0 Å². The highest BCUT2D eigenvalue weighted by Crippen LogP contribution is 2.07. The fraction of sp³-hybridized carbons (Fsp3) is 0.462. The summed E-state index contributed by atoms with van der Waals surface area (Å²) in [6.45, 7) is 6.04. The van der Waals surface area contributed by atoms with Crippen molar-refractivity contribution < 1.29 is 9.18 Å². The molecule has 0 saturated heterocycles. The Morgan fingerprint density at radius 1 is 1.20 bits per heavy atom. The number of Topliss-reactive ketones (excluding diaryl/α,β-unsaturated/α-hetero) is 1. The van der Waals surface area contributed by atoms with E-state index in [2.05, 4.69) is 0 Å². The molecule has 1 nitrogen and oxygen atoms in total. The zero-order valence-corrected chi connectivity index (χ0v) is 9.72. The van der Waals surface area contributed by atoms with Crippen molar-refractivity contribution in [3.8, 4) is 0 Å². The molecule has 0 aromatic heterocycles.